The Morgan fingerprint density at radius 3 is 2.55 bits per heavy atom. The number of hydrogen-bond donors (Lipinski definition) is 0. The van der Waals surface area contributed by atoms with Gasteiger partial charge in [0.05, 0.1) is 7.11 Å². The number of ether oxygens (including phenoxy) is 2. The van der Waals surface area contributed by atoms with Gasteiger partial charge in [-0.2, -0.15) is 4.98 Å². The van der Waals surface area contributed by atoms with Crippen molar-refractivity contribution in [1.82, 2.24) is 4.98 Å². The fourth-order valence-electron chi connectivity index (χ4n) is 1.47. The first-order valence-electron chi connectivity index (χ1n) is 5.82. The van der Waals surface area contributed by atoms with Gasteiger partial charge in [0.25, 0.3) is 0 Å². The van der Waals surface area contributed by atoms with Crippen LogP contribution in [0.4, 0.5) is 10.6 Å². The first-order chi connectivity index (χ1) is 9.60. The van der Waals surface area contributed by atoms with E-state index in [1.54, 1.807) is 49.5 Å². The lowest BCUT2D eigenvalue weighted by Crippen LogP contribution is -2.30. The largest absolute Gasteiger partial charge is 0.481 e. The highest BCUT2D eigenvalue weighted by Crippen LogP contribution is 2.19. The zero-order valence-corrected chi connectivity index (χ0v) is 12.6. The van der Waals surface area contributed by atoms with E-state index < -0.39 is 6.09 Å². The highest BCUT2D eigenvalue weighted by atomic mass is 79.9. The third-order valence-corrected chi connectivity index (χ3v) is 3.08. The van der Waals surface area contributed by atoms with E-state index in [1.807, 2.05) is 0 Å². The van der Waals surface area contributed by atoms with E-state index in [2.05, 4.69) is 20.9 Å². The van der Waals surface area contributed by atoms with Crippen LogP contribution in [0.25, 0.3) is 0 Å². The van der Waals surface area contributed by atoms with Crippen LogP contribution >= 0.6 is 15.9 Å². The number of methoxy groups -OCH3 is 1. The highest BCUT2D eigenvalue weighted by Gasteiger charge is 2.15. The quantitative estimate of drug-likeness (QED) is 0.860. The number of amides is 1. The Kier molecular flexibility index (Phi) is 4.57. The molecule has 1 amide bonds. The molecule has 5 nitrogen and oxygen atoms in total. The first-order valence-corrected chi connectivity index (χ1v) is 6.61. The summed E-state index contributed by atoms with van der Waals surface area (Å²) in [4.78, 5) is 17.5. The molecular weight excluding hydrogens is 324 g/mol. The summed E-state index contributed by atoms with van der Waals surface area (Å²) in [7, 11) is 3.11. The molecule has 0 radical (unpaired) electrons. The van der Waals surface area contributed by atoms with E-state index in [0.717, 1.165) is 4.47 Å². The zero-order chi connectivity index (χ0) is 14.5. The molecule has 0 aliphatic rings. The SMILES string of the molecule is COc1cccc(N(C)C(=O)Oc2ccc(Br)cc2)n1. The predicted octanol–water partition coefficient (Wildman–Crippen LogP) is 3.49. The fourth-order valence-corrected chi connectivity index (χ4v) is 1.73. The molecule has 0 unspecified atom stereocenters. The number of rotatable bonds is 3. The minimum atomic E-state index is -0.520. The van der Waals surface area contributed by atoms with Gasteiger partial charge in [-0.1, -0.05) is 22.0 Å². The molecule has 0 N–H and O–H groups in total. The van der Waals surface area contributed by atoms with Gasteiger partial charge in [0, 0.05) is 17.6 Å². The van der Waals surface area contributed by atoms with Gasteiger partial charge < -0.3 is 9.47 Å². The van der Waals surface area contributed by atoms with Crippen molar-refractivity contribution >= 4 is 27.8 Å². The summed E-state index contributed by atoms with van der Waals surface area (Å²) in [5, 5.41) is 0. The molecule has 104 valence electrons. The van der Waals surface area contributed by atoms with Crippen molar-refractivity contribution in [3.8, 4) is 11.6 Å². The summed E-state index contributed by atoms with van der Waals surface area (Å²) in [6.07, 6.45) is -0.520. The van der Waals surface area contributed by atoms with Crippen LogP contribution in [-0.4, -0.2) is 25.2 Å². The molecule has 0 atom stereocenters. The molecule has 0 aliphatic heterocycles. The monoisotopic (exact) mass is 336 g/mol. The lowest BCUT2D eigenvalue weighted by atomic mass is 10.3. The van der Waals surface area contributed by atoms with Crippen LogP contribution in [0.5, 0.6) is 11.6 Å². The number of benzene rings is 1. The lowest BCUT2D eigenvalue weighted by molar-refractivity contribution is 0.209. The van der Waals surface area contributed by atoms with Gasteiger partial charge in [-0.3, -0.25) is 4.90 Å². The first kappa shape index (κ1) is 14.3. The average Bonchev–Trinajstić information content (AvgIpc) is 2.48. The second-order valence-corrected chi connectivity index (χ2v) is 4.83. The molecule has 1 aromatic heterocycles. The molecule has 0 bridgehead atoms. The number of anilines is 1. The summed E-state index contributed by atoms with van der Waals surface area (Å²) in [6.45, 7) is 0. The summed E-state index contributed by atoms with van der Waals surface area (Å²) in [5.41, 5.74) is 0. The summed E-state index contributed by atoms with van der Waals surface area (Å²) in [5.74, 6) is 1.35. The van der Waals surface area contributed by atoms with Crippen molar-refractivity contribution in [3.63, 3.8) is 0 Å². The topological polar surface area (TPSA) is 51.7 Å². The number of carbonyl (C=O) groups is 1. The van der Waals surface area contributed by atoms with Gasteiger partial charge in [-0.15, -0.1) is 0 Å². The van der Waals surface area contributed by atoms with Crippen LogP contribution in [0.3, 0.4) is 0 Å². The van der Waals surface area contributed by atoms with Gasteiger partial charge in [-0.05, 0) is 30.3 Å². The standard InChI is InChI=1S/C14H13BrN2O3/c1-17(12-4-3-5-13(16-12)19-2)14(18)20-11-8-6-10(15)7-9-11/h3-9H,1-2H3. The van der Waals surface area contributed by atoms with E-state index in [-0.39, 0.29) is 0 Å². The van der Waals surface area contributed by atoms with Gasteiger partial charge in [-0.25, -0.2) is 4.79 Å². The molecule has 0 saturated heterocycles. The summed E-state index contributed by atoms with van der Waals surface area (Å²) < 4.78 is 11.2. The van der Waals surface area contributed by atoms with Crippen LogP contribution in [0, 0.1) is 0 Å². The third-order valence-electron chi connectivity index (χ3n) is 2.55. The van der Waals surface area contributed by atoms with Crippen LogP contribution in [0.1, 0.15) is 0 Å². The van der Waals surface area contributed by atoms with Crippen LogP contribution in [-0.2, 0) is 0 Å². The Hall–Kier alpha value is -2.08. The number of hydrogen-bond acceptors (Lipinski definition) is 4. The van der Waals surface area contributed by atoms with Gasteiger partial charge in [0.2, 0.25) is 5.88 Å². The van der Waals surface area contributed by atoms with Crippen molar-refractivity contribution < 1.29 is 14.3 Å². The van der Waals surface area contributed by atoms with Crippen molar-refractivity contribution in [1.29, 1.82) is 0 Å². The van der Waals surface area contributed by atoms with Crippen molar-refractivity contribution in [2.24, 2.45) is 0 Å². The predicted molar refractivity (Wildman–Crippen MR) is 79.4 cm³/mol. The van der Waals surface area contributed by atoms with Crippen LogP contribution in [0.15, 0.2) is 46.9 Å². The fraction of sp³-hybridized carbons (Fsp3) is 0.143. The Morgan fingerprint density at radius 1 is 1.20 bits per heavy atom. The highest BCUT2D eigenvalue weighted by molar-refractivity contribution is 9.10. The molecule has 0 fully saturated rings. The van der Waals surface area contributed by atoms with Gasteiger partial charge >= 0.3 is 6.09 Å². The molecule has 1 heterocycles. The maximum Gasteiger partial charge on any atom is 0.420 e. The number of nitrogens with zero attached hydrogens (tertiary/aromatic N) is 2. The van der Waals surface area contributed by atoms with Crippen molar-refractivity contribution in [2.45, 2.75) is 0 Å². The minimum absolute atomic E-state index is 0.436. The second kappa shape index (κ2) is 6.38. The molecule has 2 aromatic rings. The molecule has 0 saturated carbocycles. The number of halogens is 1. The Bertz CT molecular complexity index is 602. The molecule has 20 heavy (non-hydrogen) atoms. The summed E-state index contributed by atoms with van der Waals surface area (Å²) >= 11 is 3.32. The van der Waals surface area contributed by atoms with E-state index in [1.165, 1.54) is 12.0 Å². The lowest BCUT2D eigenvalue weighted by Gasteiger charge is -2.16. The molecule has 1 aromatic carbocycles. The third kappa shape index (κ3) is 3.48. The number of aromatic nitrogens is 1. The maximum atomic E-state index is 12.0. The molecule has 2 rings (SSSR count). The Labute approximate surface area is 125 Å². The molecule has 6 heteroatoms. The Morgan fingerprint density at radius 2 is 1.90 bits per heavy atom. The molecular formula is C14H13BrN2O3. The Balaban J connectivity index is 2.09. The molecule has 0 aliphatic carbocycles. The zero-order valence-electron chi connectivity index (χ0n) is 11.0. The van der Waals surface area contributed by atoms with Gasteiger partial charge in [0.1, 0.15) is 11.6 Å². The van der Waals surface area contributed by atoms with E-state index >= 15 is 0 Å². The average molecular weight is 337 g/mol. The van der Waals surface area contributed by atoms with Crippen molar-refractivity contribution in [2.75, 3.05) is 19.1 Å². The maximum absolute atomic E-state index is 12.0. The van der Waals surface area contributed by atoms with Gasteiger partial charge in [0.15, 0.2) is 0 Å². The number of carbonyl (C=O) groups excluding carboxylic acids is 1. The second-order valence-electron chi connectivity index (χ2n) is 3.92. The van der Waals surface area contributed by atoms with Crippen LogP contribution in [0.2, 0.25) is 0 Å². The summed E-state index contributed by atoms with van der Waals surface area (Å²) in [6, 6.07) is 12.2. The van der Waals surface area contributed by atoms with Crippen LogP contribution < -0.4 is 14.4 Å². The smallest absolute Gasteiger partial charge is 0.420 e. The minimum Gasteiger partial charge on any atom is -0.481 e. The number of pyridine rings is 1. The van der Waals surface area contributed by atoms with E-state index in [9.17, 15) is 4.79 Å². The van der Waals surface area contributed by atoms with E-state index in [0.29, 0.717) is 17.4 Å². The van der Waals surface area contributed by atoms with E-state index in [4.69, 9.17) is 9.47 Å². The normalized spacial score (nSPS) is 9.95. The molecule has 0 spiro atoms. The van der Waals surface area contributed by atoms with Crippen molar-refractivity contribution in [3.05, 3.63) is 46.9 Å².